The summed E-state index contributed by atoms with van der Waals surface area (Å²) >= 11 is 0. The maximum Gasteiger partial charge on any atom is 0.328 e. The number of barbiturate groups is 1. The Bertz CT molecular complexity index is 933. The summed E-state index contributed by atoms with van der Waals surface area (Å²) in [7, 11) is 1.47. The number of imide groups is 2. The fourth-order valence-electron chi connectivity index (χ4n) is 2.42. The van der Waals surface area contributed by atoms with Crippen LogP contribution in [0.4, 0.5) is 9.18 Å². The van der Waals surface area contributed by atoms with E-state index in [9.17, 15) is 18.8 Å². The van der Waals surface area contributed by atoms with Crippen molar-refractivity contribution in [2.75, 3.05) is 7.11 Å². The number of carbonyl (C=O) groups is 3. The summed E-state index contributed by atoms with van der Waals surface area (Å²) in [4.78, 5) is 35.0. The van der Waals surface area contributed by atoms with E-state index in [0.717, 1.165) is 0 Å². The van der Waals surface area contributed by atoms with Crippen LogP contribution in [0.5, 0.6) is 11.5 Å². The van der Waals surface area contributed by atoms with Crippen molar-refractivity contribution in [1.82, 2.24) is 10.6 Å². The van der Waals surface area contributed by atoms with E-state index >= 15 is 0 Å². The molecule has 7 nitrogen and oxygen atoms in total. The third-order valence-corrected chi connectivity index (χ3v) is 3.80. The van der Waals surface area contributed by atoms with Gasteiger partial charge in [0.1, 0.15) is 29.5 Å². The normalized spacial score (nSPS) is 13.7. The van der Waals surface area contributed by atoms with Crippen molar-refractivity contribution >= 4 is 23.9 Å². The predicted octanol–water partition coefficient (Wildman–Crippen LogP) is 2.16. The highest BCUT2D eigenvalue weighted by Gasteiger charge is 2.28. The summed E-state index contributed by atoms with van der Waals surface area (Å²) in [5.41, 5.74) is 0.481. The molecule has 138 valence electrons. The van der Waals surface area contributed by atoms with Crippen molar-refractivity contribution in [3.05, 3.63) is 65.0 Å². The quantitative estimate of drug-likeness (QED) is 0.621. The molecule has 1 aliphatic rings. The molecule has 8 heteroatoms. The van der Waals surface area contributed by atoms with Crippen LogP contribution in [0.15, 0.2) is 48.0 Å². The van der Waals surface area contributed by atoms with Gasteiger partial charge < -0.3 is 9.47 Å². The molecule has 3 rings (SSSR count). The van der Waals surface area contributed by atoms with Gasteiger partial charge in [0.05, 0.1) is 7.11 Å². The summed E-state index contributed by atoms with van der Waals surface area (Å²) < 4.78 is 24.6. The number of methoxy groups -OCH3 is 1. The van der Waals surface area contributed by atoms with Gasteiger partial charge in [-0.05, 0) is 24.3 Å². The lowest BCUT2D eigenvalue weighted by Gasteiger charge is -2.15. The number of urea groups is 1. The first-order valence-corrected chi connectivity index (χ1v) is 7.90. The van der Waals surface area contributed by atoms with Crippen LogP contribution in [-0.2, 0) is 16.2 Å². The molecular formula is C19H15FN2O5. The second kappa shape index (κ2) is 7.69. The van der Waals surface area contributed by atoms with E-state index in [4.69, 9.17) is 9.47 Å². The molecule has 0 spiro atoms. The maximum absolute atomic E-state index is 13.8. The van der Waals surface area contributed by atoms with Gasteiger partial charge in [0.15, 0.2) is 0 Å². The molecule has 0 atom stereocenters. The Balaban J connectivity index is 1.92. The lowest BCUT2D eigenvalue weighted by atomic mass is 10.1. The third-order valence-electron chi connectivity index (χ3n) is 3.80. The third kappa shape index (κ3) is 4.12. The second-order valence-corrected chi connectivity index (χ2v) is 5.58. The first-order valence-electron chi connectivity index (χ1n) is 7.90. The molecule has 0 aromatic heterocycles. The Labute approximate surface area is 153 Å². The lowest BCUT2D eigenvalue weighted by Crippen LogP contribution is -2.51. The minimum Gasteiger partial charge on any atom is -0.497 e. The van der Waals surface area contributed by atoms with Crippen LogP contribution in [0.25, 0.3) is 6.08 Å². The molecule has 0 bridgehead atoms. The molecule has 2 aromatic rings. The summed E-state index contributed by atoms with van der Waals surface area (Å²) in [5.74, 6) is -1.29. The van der Waals surface area contributed by atoms with Crippen LogP contribution < -0.4 is 20.1 Å². The Kier molecular flexibility index (Phi) is 5.16. The van der Waals surface area contributed by atoms with Crippen molar-refractivity contribution in [2.24, 2.45) is 0 Å². The van der Waals surface area contributed by atoms with E-state index in [1.807, 2.05) is 10.6 Å². The second-order valence-electron chi connectivity index (χ2n) is 5.58. The molecule has 27 heavy (non-hydrogen) atoms. The van der Waals surface area contributed by atoms with E-state index in [2.05, 4.69) is 0 Å². The van der Waals surface area contributed by atoms with Gasteiger partial charge >= 0.3 is 6.03 Å². The summed E-state index contributed by atoms with van der Waals surface area (Å²) in [6, 6.07) is 10.0. The van der Waals surface area contributed by atoms with Gasteiger partial charge in [-0.25, -0.2) is 9.18 Å². The fraction of sp³-hybridized carbons (Fsp3) is 0.105. The number of ether oxygens (including phenoxy) is 2. The molecular weight excluding hydrogens is 355 g/mol. The number of benzene rings is 2. The smallest absolute Gasteiger partial charge is 0.328 e. The van der Waals surface area contributed by atoms with Crippen molar-refractivity contribution in [3.63, 3.8) is 0 Å². The maximum atomic E-state index is 13.8. The van der Waals surface area contributed by atoms with E-state index in [-0.39, 0.29) is 17.9 Å². The standard InChI is InChI=1S/C19H15FN2O5/c1-26-13-7-6-11(8-14-17(23)21-19(25)22-18(14)24)16(9-13)27-10-12-4-2-3-5-15(12)20/h2-9H,10H2,1H3,(H2,21,22,23,24,25). The van der Waals surface area contributed by atoms with Crippen molar-refractivity contribution in [1.29, 1.82) is 0 Å². The molecule has 0 aliphatic carbocycles. The molecule has 2 aromatic carbocycles. The van der Waals surface area contributed by atoms with Gasteiger partial charge in [-0.3, -0.25) is 20.2 Å². The Morgan fingerprint density at radius 1 is 1.04 bits per heavy atom. The SMILES string of the molecule is COc1ccc(C=C2C(=O)NC(=O)NC2=O)c(OCc2ccccc2F)c1. The zero-order chi connectivity index (χ0) is 19.4. The number of amides is 4. The van der Waals surface area contributed by atoms with Crippen LogP contribution in [-0.4, -0.2) is 25.0 Å². The molecule has 1 saturated heterocycles. The van der Waals surface area contributed by atoms with Gasteiger partial charge in [-0.1, -0.05) is 18.2 Å². The molecule has 2 N–H and O–H groups in total. The van der Waals surface area contributed by atoms with E-state index in [0.29, 0.717) is 16.9 Å². The highest BCUT2D eigenvalue weighted by molar-refractivity contribution is 6.31. The zero-order valence-electron chi connectivity index (χ0n) is 14.2. The molecule has 0 radical (unpaired) electrons. The van der Waals surface area contributed by atoms with Crippen LogP contribution in [0.2, 0.25) is 0 Å². The Morgan fingerprint density at radius 2 is 1.74 bits per heavy atom. The first-order chi connectivity index (χ1) is 13.0. The molecule has 1 fully saturated rings. The van der Waals surface area contributed by atoms with E-state index in [1.165, 1.54) is 19.3 Å². The number of rotatable bonds is 5. The fourth-order valence-corrected chi connectivity index (χ4v) is 2.42. The molecule has 1 aliphatic heterocycles. The minimum atomic E-state index is -0.882. The Hall–Kier alpha value is -3.68. The van der Waals surface area contributed by atoms with Crippen molar-refractivity contribution < 1.29 is 28.2 Å². The van der Waals surface area contributed by atoms with Gasteiger partial charge in [-0.15, -0.1) is 0 Å². The molecule has 0 saturated carbocycles. The van der Waals surface area contributed by atoms with E-state index in [1.54, 1.807) is 36.4 Å². The average molecular weight is 370 g/mol. The van der Waals surface area contributed by atoms with Crippen LogP contribution in [0.1, 0.15) is 11.1 Å². The van der Waals surface area contributed by atoms with E-state index < -0.39 is 23.7 Å². The molecule has 1 heterocycles. The highest BCUT2D eigenvalue weighted by Crippen LogP contribution is 2.28. The number of hydrogen-bond acceptors (Lipinski definition) is 5. The van der Waals surface area contributed by atoms with Crippen LogP contribution >= 0.6 is 0 Å². The van der Waals surface area contributed by atoms with Gasteiger partial charge in [0.25, 0.3) is 11.8 Å². The number of halogens is 1. The van der Waals surface area contributed by atoms with Gasteiger partial charge in [-0.2, -0.15) is 0 Å². The minimum absolute atomic E-state index is 0.0626. The topological polar surface area (TPSA) is 93.7 Å². The Morgan fingerprint density at radius 3 is 2.41 bits per heavy atom. The van der Waals surface area contributed by atoms with Crippen LogP contribution in [0, 0.1) is 5.82 Å². The number of nitrogens with one attached hydrogen (secondary N) is 2. The first kappa shape index (κ1) is 18.1. The predicted molar refractivity (Wildman–Crippen MR) is 93.4 cm³/mol. The monoisotopic (exact) mass is 370 g/mol. The van der Waals surface area contributed by atoms with Crippen molar-refractivity contribution in [3.8, 4) is 11.5 Å². The summed E-state index contributed by atoms with van der Waals surface area (Å²) in [6.45, 7) is -0.0626. The summed E-state index contributed by atoms with van der Waals surface area (Å²) in [5, 5.41) is 3.99. The average Bonchev–Trinajstić information content (AvgIpc) is 2.64. The number of hydrogen-bond donors (Lipinski definition) is 2. The van der Waals surface area contributed by atoms with Gasteiger partial charge in [0, 0.05) is 17.2 Å². The molecule has 4 amide bonds. The molecule has 0 unspecified atom stereocenters. The number of carbonyl (C=O) groups excluding carboxylic acids is 3. The highest BCUT2D eigenvalue weighted by atomic mass is 19.1. The van der Waals surface area contributed by atoms with Crippen LogP contribution in [0.3, 0.4) is 0 Å². The summed E-state index contributed by atoms with van der Waals surface area (Å²) in [6.07, 6.45) is 1.28. The zero-order valence-corrected chi connectivity index (χ0v) is 14.2. The largest absolute Gasteiger partial charge is 0.497 e. The lowest BCUT2D eigenvalue weighted by molar-refractivity contribution is -0.123. The van der Waals surface area contributed by atoms with Gasteiger partial charge in [0.2, 0.25) is 0 Å². The van der Waals surface area contributed by atoms with Crippen molar-refractivity contribution in [2.45, 2.75) is 6.61 Å².